The van der Waals surface area contributed by atoms with Crippen LogP contribution < -0.4 is 4.90 Å². The largest absolute Gasteiger partial charge is 0.359 e. The summed E-state index contributed by atoms with van der Waals surface area (Å²) in [6.07, 6.45) is 2.87. The molecule has 5 rings (SSSR count). The van der Waals surface area contributed by atoms with E-state index in [-0.39, 0.29) is 0 Å². The lowest BCUT2D eigenvalue weighted by Crippen LogP contribution is -2.39. The molecule has 0 unspecified atom stereocenters. The first-order valence-corrected chi connectivity index (χ1v) is 12.0. The number of nitrogens with zero attached hydrogens (tertiary/aromatic N) is 4. The maximum atomic E-state index is 8.19. The lowest BCUT2D eigenvalue weighted by molar-refractivity contribution is 0.453. The molecule has 0 spiro atoms. The highest BCUT2D eigenvalue weighted by atomic mass is 35.5. The lowest BCUT2D eigenvalue weighted by atomic mass is 9.88. The Hall–Kier alpha value is -3.18. The van der Waals surface area contributed by atoms with Crippen molar-refractivity contribution in [3.05, 3.63) is 82.4 Å². The molecular formula is C27H28ClN5. The number of halogens is 1. The smallest absolute Gasteiger partial charge is 0.161 e. The van der Waals surface area contributed by atoms with E-state index in [1.165, 1.54) is 11.1 Å². The molecule has 1 N–H and O–H groups in total. The number of amidine groups is 1. The summed E-state index contributed by atoms with van der Waals surface area (Å²) in [6.45, 7) is 5.57. The van der Waals surface area contributed by atoms with Gasteiger partial charge in [-0.1, -0.05) is 79.2 Å². The Labute approximate surface area is 200 Å². The molecule has 33 heavy (non-hydrogen) atoms. The van der Waals surface area contributed by atoms with Crippen molar-refractivity contribution in [1.29, 1.82) is 5.41 Å². The molecule has 5 nitrogen and oxygen atoms in total. The van der Waals surface area contributed by atoms with E-state index < -0.39 is 0 Å². The molecule has 3 aromatic rings. The Bertz CT molecular complexity index is 1190. The normalized spacial score (nSPS) is 15.9. The number of nitrogens with one attached hydrogen (secondary N) is 1. The molecule has 0 saturated carbocycles. The van der Waals surface area contributed by atoms with Gasteiger partial charge in [-0.3, -0.25) is 5.41 Å². The van der Waals surface area contributed by atoms with E-state index in [0.717, 1.165) is 73.8 Å². The second kappa shape index (κ2) is 9.36. The Morgan fingerprint density at radius 2 is 1.58 bits per heavy atom. The minimum atomic E-state index is 0.648. The van der Waals surface area contributed by atoms with Gasteiger partial charge >= 0.3 is 0 Å². The predicted octanol–water partition coefficient (Wildman–Crippen LogP) is 5.90. The number of hydrogen-bond donors (Lipinski definition) is 1. The van der Waals surface area contributed by atoms with Gasteiger partial charge in [0.25, 0.3) is 0 Å². The second-order valence-electron chi connectivity index (χ2n) is 8.58. The summed E-state index contributed by atoms with van der Waals surface area (Å²) in [5, 5.41) is 18.2. The third-order valence-electron chi connectivity index (χ3n) is 6.58. The van der Waals surface area contributed by atoms with Crippen molar-refractivity contribution in [2.75, 3.05) is 31.1 Å². The molecule has 168 valence electrons. The first-order chi connectivity index (χ1) is 16.2. The molecule has 0 atom stereocenters. The van der Waals surface area contributed by atoms with Crippen molar-refractivity contribution in [3.8, 4) is 11.3 Å². The molecule has 2 aliphatic rings. The van der Waals surface area contributed by atoms with Crippen molar-refractivity contribution in [2.45, 2.75) is 26.2 Å². The Morgan fingerprint density at radius 3 is 2.21 bits per heavy atom. The van der Waals surface area contributed by atoms with Crippen molar-refractivity contribution in [3.63, 3.8) is 0 Å². The number of benzene rings is 2. The zero-order valence-electron chi connectivity index (χ0n) is 18.9. The van der Waals surface area contributed by atoms with Crippen LogP contribution in [0.2, 0.25) is 5.02 Å². The number of hydrogen-bond acceptors (Lipinski definition) is 4. The van der Waals surface area contributed by atoms with E-state index in [9.17, 15) is 0 Å². The predicted molar refractivity (Wildman–Crippen MR) is 136 cm³/mol. The number of likely N-dealkylation sites (tertiary alicyclic amines) is 1. The van der Waals surface area contributed by atoms with Gasteiger partial charge in [-0.2, -0.15) is 0 Å². The van der Waals surface area contributed by atoms with Crippen molar-refractivity contribution in [2.24, 2.45) is 0 Å². The lowest BCUT2D eigenvalue weighted by Gasteiger charge is -2.35. The van der Waals surface area contributed by atoms with Crippen LogP contribution in [0.25, 0.3) is 16.8 Å². The molecule has 0 amide bonds. The number of anilines is 1. The Balaban J connectivity index is 1.62. The molecular weight excluding hydrogens is 430 g/mol. The minimum Gasteiger partial charge on any atom is -0.359 e. The van der Waals surface area contributed by atoms with Crippen LogP contribution in [0.1, 0.15) is 37.3 Å². The first kappa shape index (κ1) is 21.7. The number of aromatic nitrogens is 2. The van der Waals surface area contributed by atoms with Crippen LogP contribution in [0.4, 0.5) is 5.82 Å². The number of rotatable bonds is 6. The molecule has 1 aromatic heterocycles. The molecule has 6 heteroatoms. The van der Waals surface area contributed by atoms with E-state index in [0.29, 0.717) is 10.7 Å². The standard InChI is InChI=1S/C27H28ClN5/c1-2-19-18-33(17-16-32-15-9-14-22(32)29)27-24(23(19)20-10-5-3-6-11-20)25(28)26(30-31-27)21-12-7-4-8-13-21/h3-8,10-13,29H,2,9,14-18H2,1H3. The van der Waals surface area contributed by atoms with Crippen LogP contribution >= 0.6 is 11.6 Å². The van der Waals surface area contributed by atoms with E-state index in [1.54, 1.807) is 0 Å². The van der Waals surface area contributed by atoms with Gasteiger partial charge < -0.3 is 9.80 Å². The monoisotopic (exact) mass is 457 g/mol. The van der Waals surface area contributed by atoms with Crippen molar-refractivity contribution in [1.82, 2.24) is 15.1 Å². The molecule has 1 fully saturated rings. The average molecular weight is 458 g/mol. The molecule has 2 aromatic carbocycles. The highest BCUT2D eigenvalue weighted by Gasteiger charge is 2.31. The Kier molecular flexibility index (Phi) is 6.14. The highest BCUT2D eigenvalue weighted by molar-refractivity contribution is 6.35. The quantitative estimate of drug-likeness (QED) is 0.500. The molecule has 0 radical (unpaired) electrons. The van der Waals surface area contributed by atoms with Crippen LogP contribution in [-0.2, 0) is 0 Å². The van der Waals surface area contributed by atoms with Gasteiger partial charge in [-0.05, 0) is 29.6 Å². The summed E-state index contributed by atoms with van der Waals surface area (Å²) in [7, 11) is 0. The molecule has 0 bridgehead atoms. The third kappa shape index (κ3) is 4.13. The molecule has 0 aliphatic carbocycles. The minimum absolute atomic E-state index is 0.648. The van der Waals surface area contributed by atoms with Crippen LogP contribution in [0.5, 0.6) is 0 Å². The maximum Gasteiger partial charge on any atom is 0.161 e. The zero-order valence-corrected chi connectivity index (χ0v) is 19.6. The number of fused-ring (bicyclic) bond motifs is 1. The zero-order chi connectivity index (χ0) is 22.8. The second-order valence-corrected chi connectivity index (χ2v) is 8.96. The fourth-order valence-corrected chi connectivity index (χ4v) is 5.16. The van der Waals surface area contributed by atoms with Crippen LogP contribution in [0, 0.1) is 5.41 Å². The SMILES string of the molecule is CCC1=C(c2ccccc2)c2c(nnc(-c3ccccc3)c2Cl)N(CCN2CCCC2=N)C1. The summed E-state index contributed by atoms with van der Waals surface area (Å²) in [5.74, 6) is 1.58. The van der Waals surface area contributed by atoms with Crippen molar-refractivity contribution >= 4 is 28.8 Å². The summed E-state index contributed by atoms with van der Waals surface area (Å²) in [6, 6.07) is 20.5. The van der Waals surface area contributed by atoms with Gasteiger partial charge in [0.05, 0.1) is 10.9 Å². The van der Waals surface area contributed by atoms with E-state index in [1.807, 2.05) is 36.4 Å². The van der Waals surface area contributed by atoms with Crippen LogP contribution in [0.3, 0.4) is 0 Å². The van der Waals surface area contributed by atoms with Gasteiger partial charge in [-0.25, -0.2) is 0 Å². The van der Waals surface area contributed by atoms with E-state index in [2.05, 4.69) is 46.1 Å². The average Bonchev–Trinajstić information content (AvgIpc) is 3.28. The molecule has 3 heterocycles. The van der Waals surface area contributed by atoms with Crippen molar-refractivity contribution < 1.29 is 0 Å². The van der Waals surface area contributed by atoms with Gasteiger partial charge in [0.15, 0.2) is 5.82 Å². The van der Waals surface area contributed by atoms with Crippen LogP contribution in [0.15, 0.2) is 66.2 Å². The third-order valence-corrected chi connectivity index (χ3v) is 6.95. The van der Waals surface area contributed by atoms with Gasteiger partial charge in [0.1, 0.15) is 5.69 Å². The van der Waals surface area contributed by atoms with E-state index >= 15 is 0 Å². The van der Waals surface area contributed by atoms with Crippen LogP contribution in [-0.4, -0.2) is 47.1 Å². The summed E-state index contributed by atoms with van der Waals surface area (Å²) in [4.78, 5) is 4.47. The first-order valence-electron chi connectivity index (χ1n) is 11.6. The topological polar surface area (TPSA) is 56.1 Å². The van der Waals surface area contributed by atoms with Gasteiger partial charge in [0, 0.05) is 43.7 Å². The fraction of sp³-hybridized carbons (Fsp3) is 0.296. The highest BCUT2D eigenvalue weighted by Crippen LogP contribution is 2.44. The van der Waals surface area contributed by atoms with E-state index in [4.69, 9.17) is 22.1 Å². The summed E-state index contributed by atoms with van der Waals surface area (Å²) < 4.78 is 0. The van der Waals surface area contributed by atoms with Gasteiger partial charge in [-0.15, -0.1) is 10.2 Å². The summed E-state index contributed by atoms with van der Waals surface area (Å²) >= 11 is 7.14. The maximum absolute atomic E-state index is 8.19. The Morgan fingerprint density at radius 1 is 0.909 bits per heavy atom. The van der Waals surface area contributed by atoms with Gasteiger partial charge in [0.2, 0.25) is 0 Å². The summed E-state index contributed by atoms with van der Waals surface area (Å²) in [5.41, 5.74) is 6.32. The molecule has 2 aliphatic heterocycles. The fourth-order valence-electron chi connectivity index (χ4n) is 4.84. The molecule has 1 saturated heterocycles.